The molecular weight excluding hydrogens is 324 g/mol. The third kappa shape index (κ3) is 3.19. The monoisotopic (exact) mass is 344 g/mol. The third-order valence-electron chi connectivity index (χ3n) is 4.93. The van der Waals surface area contributed by atoms with Gasteiger partial charge in [-0.05, 0) is 42.7 Å². The molecule has 2 aromatic heterocycles. The zero-order chi connectivity index (χ0) is 18.1. The third-order valence-corrected chi connectivity index (χ3v) is 4.93. The molecule has 1 saturated carbocycles. The van der Waals surface area contributed by atoms with Gasteiger partial charge in [0.2, 0.25) is 5.91 Å². The molecule has 1 amide bonds. The van der Waals surface area contributed by atoms with E-state index in [1.807, 2.05) is 40.9 Å². The second-order valence-corrected chi connectivity index (χ2v) is 6.83. The fourth-order valence-corrected chi connectivity index (χ4v) is 3.41. The Morgan fingerprint density at radius 2 is 1.96 bits per heavy atom. The first kappa shape index (κ1) is 16.4. The fraction of sp³-hybridized carbons (Fsp3) is 0.238. The lowest BCUT2D eigenvalue weighted by atomic mass is 10.1. The van der Waals surface area contributed by atoms with E-state index in [1.165, 1.54) is 12.8 Å². The first-order valence-corrected chi connectivity index (χ1v) is 8.77. The van der Waals surface area contributed by atoms with Gasteiger partial charge in [0.1, 0.15) is 6.07 Å². The van der Waals surface area contributed by atoms with Gasteiger partial charge in [0.25, 0.3) is 0 Å². The highest BCUT2D eigenvalue weighted by atomic mass is 16.1. The second-order valence-electron chi connectivity index (χ2n) is 6.83. The van der Waals surface area contributed by atoms with Crippen LogP contribution in [-0.2, 0) is 13.1 Å². The van der Waals surface area contributed by atoms with Crippen LogP contribution in [0.3, 0.4) is 0 Å². The predicted molar refractivity (Wildman–Crippen MR) is 99.3 cm³/mol. The van der Waals surface area contributed by atoms with E-state index in [1.54, 1.807) is 12.1 Å². The normalized spacial score (nSPS) is 13.8. The lowest BCUT2D eigenvalue weighted by molar-refractivity contribution is 0.100. The summed E-state index contributed by atoms with van der Waals surface area (Å²) in [6.07, 6.45) is 6.41. The molecule has 130 valence electrons. The van der Waals surface area contributed by atoms with Gasteiger partial charge in [0.05, 0.1) is 11.1 Å². The number of rotatable bonds is 6. The van der Waals surface area contributed by atoms with E-state index in [0.717, 1.165) is 35.3 Å². The van der Waals surface area contributed by atoms with Crippen LogP contribution in [0, 0.1) is 11.3 Å². The first-order chi connectivity index (χ1) is 12.7. The molecule has 1 aliphatic carbocycles. The molecule has 1 aromatic carbocycles. The zero-order valence-corrected chi connectivity index (χ0v) is 14.4. The van der Waals surface area contributed by atoms with Crippen molar-refractivity contribution in [1.82, 2.24) is 9.30 Å². The predicted octanol–water partition coefficient (Wildman–Crippen LogP) is 3.07. The molecule has 0 atom stereocenters. The number of nitriles is 1. The molecule has 0 aliphatic heterocycles. The van der Waals surface area contributed by atoms with E-state index in [9.17, 15) is 10.1 Å². The molecule has 5 nitrogen and oxygen atoms in total. The van der Waals surface area contributed by atoms with Crippen molar-refractivity contribution in [2.24, 2.45) is 5.73 Å². The molecule has 2 N–H and O–H groups in total. The topological polar surface area (TPSA) is 74.5 Å². The van der Waals surface area contributed by atoms with Gasteiger partial charge >= 0.3 is 0 Å². The van der Waals surface area contributed by atoms with Crippen LogP contribution < -0.4 is 5.73 Å². The second kappa shape index (κ2) is 6.66. The number of hydrogen-bond donors (Lipinski definition) is 1. The quantitative estimate of drug-likeness (QED) is 0.747. The van der Waals surface area contributed by atoms with Gasteiger partial charge in [-0.25, -0.2) is 0 Å². The Hall–Kier alpha value is -3.10. The van der Waals surface area contributed by atoms with Crippen molar-refractivity contribution >= 4 is 11.4 Å². The van der Waals surface area contributed by atoms with Gasteiger partial charge in [-0.2, -0.15) is 5.26 Å². The van der Waals surface area contributed by atoms with Gasteiger partial charge in [-0.3, -0.25) is 9.69 Å². The summed E-state index contributed by atoms with van der Waals surface area (Å²) in [5.41, 5.74) is 9.74. The molecule has 0 saturated heterocycles. The van der Waals surface area contributed by atoms with Crippen molar-refractivity contribution in [2.75, 3.05) is 0 Å². The Labute approximate surface area is 152 Å². The van der Waals surface area contributed by atoms with Crippen molar-refractivity contribution in [1.29, 1.82) is 5.26 Å². The maximum Gasteiger partial charge on any atom is 0.248 e. The number of carbonyl (C=O) groups is 1. The number of nitrogens with zero attached hydrogens (tertiary/aromatic N) is 3. The smallest absolute Gasteiger partial charge is 0.248 e. The summed E-state index contributed by atoms with van der Waals surface area (Å²) >= 11 is 0. The Morgan fingerprint density at radius 3 is 2.62 bits per heavy atom. The van der Waals surface area contributed by atoms with Crippen LogP contribution in [0.5, 0.6) is 0 Å². The number of amides is 1. The Bertz CT molecular complexity index is 993. The average Bonchev–Trinajstić information content (AvgIpc) is 3.43. The maximum absolute atomic E-state index is 11.2. The minimum absolute atomic E-state index is 0.408. The summed E-state index contributed by atoms with van der Waals surface area (Å²) in [5, 5.41) is 9.62. The van der Waals surface area contributed by atoms with Crippen LogP contribution >= 0.6 is 0 Å². The van der Waals surface area contributed by atoms with Crippen LogP contribution in [-0.4, -0.2) is 21.2 Å². The van der Waals surface area contributed by atoms with Gasteiger partial charge in [0, 0.05) is 42.7 Å². The van der Waals surface area contributed by atoms with Crippen molar-refractivity contribution in [3.63, 3.8) is 0 Å². The molecule has 4 rings (SSSR count). The van der Waals surface area contributed by atoms with E-state index in [-0.39, 0.29) is 0 Å². The molecule has 26 heavy (non-hydrogen) atoms. The average molecular weight is 344 g/mol. The van der Waals surface area contributed by atoms with Gasteiger partial charge < -0.3 is 10.1 Å². The molecular formula is C21H20N4O. The van der Waals surface area contributed by atoms with E-state index in [4.69, 9.17) is 5.73 Å². The molecule has 3 aromatic rings. The standard InChI is InChI=1S/C21H20N4O/c22-11-19-17(13-24-10-2-1-3-20(19)24)14-25(18-8-9-18)12-15-4-6-16(7-5-15)21(23)26/h1-7,10,13,18H,8-9,12,14H2,(H2,23,26). The molecule has 1 aliphatic rings. The molecule has 0 bridgehead atoms. The van der Waals surface area contributed by atoms with Crippen LogP contribution in [0.1, 0.15) is 39.9 Å². The Balaban J connectivity index is 1.58. The van der Waals surface area contributed by atoms with Gasteiger partial charge in [-0.15, -0.1) is 0 Å². The van der Waals surface area contributed by atoms with Gasteiger partial charge in [0.15, 0.2) is 0 Å². The Kier molecular flexibility index (Phi) is 4.19. The molecule has 0 spiro atoms. The molecule has 1 fully saturated rings. The number of fused-ring (bicyclic) bond motifs is 1. The number of benzene rings is 1. The highest BCUT2D eigenvalue weighted by Gasteiger charge is 2.30. The maximum atomic E-state index is 11.2. The van der Waals surface area contributed by atoms with E-state index < -0.39 is 5.91 Å². The number of carbonyl (C=O) groups excluding carboxylic acids is 1. The van der Waals surface area contributed by atoms with E-state index in [0.29, 0.717) is 11.6 Å². The van der Waals surface area contributed by atoms with Crippen LogP contribution in [0.25, 0.3) is 5.52 Å². The number of pyridine rings is 1. The number of nitrogens with two attached hydrogens (primary N) is 1. The first-order valence-electron chi connectivity index (χ1n) is 8.77. The zero-order valence-electron chi connectivity index (χ0n) is 14.4. The fourth-order valence-electron chi connectivity index (χ4n) is 3.41. The number of hydrogen-bond acceptors (Lipinski definition) is 3. The summed E-state index contributed by atoms with van der Waals surface area (Å²) < 4.78 is 2.01. The lowest BCUT2D eigenvalue weighted by Gasteiger charge is -2.22. The number of primary amides is 1. The molecule has 0 radical (unpaired) electrons. The van der Waals surface area contributed by atoms with Crippen LogP contribution in [0.15, 0.2) is 54.9 Å². The Morgan fingerprint density at radius 1 is 1.19 bits per heavy atom. The molecule has 2 heterocycles. The summed E-state index contributed by atoms with van der Waals surface area (Å²) in [6.45, 7) is 1.54. The SMILES string of the molecule is N#Cc1c(CN(Cc2ccc(C(N)=O)cc2)C2CC2)cn2ccccc12. The van der Waals surface area contributed by atoms with Crippen molar-refractivity contribution in [3.8, 4) is 6.07 Å². The highest BCUT2D eigenvalue weighted by molar-refractivity contribution is 5.92. The summed E-state index contributed by atoms with van der Waals surface area (Å²) in [7, 11) is 0. The number of aromatic nitrogens is 1. The minimum atomic E-state index is -0.408. The highest BCUT2D eigenvalue weighted by Crippen LogP contribution is 2.31. The largest absolute Gasteiger partial charge is 0.366 e. The van der Waals surface area contributed by atoms with Crippen LogP contribution in [0.2, 0.25) is 0 Å². The van der Waals surface area contributed by atoms with Crippen molar-refractivity contribution in [3.05, 3.63) is 77.1 Å². The summed E-state index contributed by atoms with van der Waals surface area (Å²) in [4.78, 5) is 13.6. The summed E-state index contributed by atoms with van der Waals surface area (Å²) in [5.74, 6) is -0.408. The van der Waals surface area contributed by atoms with Crippen molar-refractivity contribution in [2.45, 2.75) is 32.0 Å². The molecule has 5 heteroatoms. The summed E-state index contributed by atoms with van der Waals surface area (Å²) in [6, 6.07) is 16.3. The van der Waals surface area contributed by atoms with E-state index in [2.05, 4.69) is 17.2 Å². The molecule has 0 unspecified atom stereocenters. The van der Waals surface area contributed by atoms with Crippen LogP contribution in [0.4, 0.5) is 0 Å². The minimum Gasteiger partial charge on any atom is -0.366 e. The van der Waals surface area contributed by atoms with Crippen molar-refractivity contribution < 1.29 is 4.79 Å². The lowest BCUT2D eigenvalue weighted by Crippen LogP contribution is -2.25. The van der Waals surface area contributed by atoms with E-state index >= 15 is 0 Å². The van der Waals surface area contributed by atoms with Gasteiger partial charge in [-0.1, -0.05) is 18.2 Å².